The normalized spacial score (nSPS) is 22.3. The van der Waals surface area contributed by atoms with E-state index in [9.17, 15) is 33.1 Å². The van der Waals surface area contributed by atoms with Crippen LogP contribution in [-0.4, -0.2) is 97.4 Å². The molecule has 3 fully saturated rings. The standard InChI is InChI=1S/C46H53F2N9O8/c1-23(2)38(53-44(60)61)42(58)55-18-6-8-34(55)40-49-28-13-10-25(20-30(28)51-40)32-15-16-33(57(32)27-12-17-36-37(22-27)65-46(47,48)64-36)26-11-14-29-31(21-26)52-41(50-29)35-9-7-19-56(35)43(59)39(24(3)4)54-45(62)63-5/h10-14,17,20-24,32-35,38-39,53H,6-9,15-16,18-19H2,1-5H3,(H,49,51)(H,50,52)(H,54,62)(H,60,61)/t32-,33-,34+,35+,38+,39+/m1/s1. The Labute approximate surface area is 373 Å². The molecule has 4 amide bonds. The Hall–Kier alpha value is -6.66. The Kier molecular flexibility index (Phi) is 11.4. The number of aromatic nitrogens is 4. The smallest absolute Gasteiger partial charge is 0.465 e. The predicted molar refractivity (Wildman–Crippen MR) is 233 cm³/mol. The Morgan fingerprint density at radius 2 is 1.29 bits per heavy atom. The van der Waals surface area contributed by atoms with Gasteiger partial charge in [-0.25, -0.2) is 19.6 Å². The summed E-state index contributed by atoms with van der Waals surface area (Å²) in [6, 6.07) is 14.1. The predicted octanol–water partition coefficient (Wildman–Crippen LogP) is 7.84. The fourth-order valence-electron chi connectivity index (χ4n) is 10.1. The van der Waals surface area contributed by atoms with E-state index in [-0.39, 0.29) is 59.3 Å². The number of likely N-dealkylation sites (tertiary alicyclic amines) is 2. The zero-order chi connectivity index (χ0) is 45.9. The van der Waals surface area contributed by atoms with Gasteiger partial charge >= 0.3 is 18.5 Å². The minimum absolute atomic E-state index is 0.0546. The number of methoxy groups -OCH3 is 1. The minimum atomic E-state index is -3.79. The quantitative estimate of drug-likeness (QED) is 0.0863. The van der Waals surface area contributed by atoms with Crippen molar-refractivity contribution in [3.8, 4) is 11.5 Å². The summed E-state index contributed by atoms with van der Waals surface area (Å²) in [5.41, 5.74) is 5.54. The van der Waals surface area contributed by atoms with E-state index in [1.807, 2.05) is 50.2 Å². The number of fused-ring (bicyclic) bond motifs is 3. The molecule has 5 N–H and O–H groups in total. The van der Waals surface area contributed by atoms with Crippen LogP contribution in [0, 0.1) is 11.8 Å². The molecular formula is C46H53F2N9O8. The molecule has 0 aliphatic carbocycles. The molecule has 0 radical (unpaired) electrons. The molecule has 6 heterocycles. The molecule has 6 atom stereocenters. The number of ether oxygens (including phenoxy) is 3. The van der Waals surface area contributed by atoms with E-state index in [0.29, 0.717) is 67.1 Å². The van der Waals surface area contributed by atoms with Gasteiger partial charge in [0.1, 0.15) is 23.7 Å². The van der Waals surface area contributed by atoms with Gasteiger partial charge in [-0.2, -0.15) is 0 Å². The van der Waals surface area contributed by atoms with E-state index in [1.54, 1.807) is 35.8 Å². The van der Waals surface area contributed by atoms with Gasteiger partial charge in [-0.05, 0) is 97.9 Å². The van der Waals surface area contributed by atoms with Crippen molar-refractivity contribution in [2.75, 3.05) is 25.1 Å². The number of anilines is 1. The third-order valence-electron chi connectivity index (χ3n) is 13.2. The maximum Gasteiger partial charge on any atom is 0.586 e. The topological polar surface area (TPSA) is 207 Å². The van der Waals surface area contributed by atoms with Crippen molar-refractivity contribution in [1.29, 1.82) is 0 Å². The average Bonchev–Trinajstić information content (AvgIpc) is 4.13. The summed E-state index contributed by atoms with van der Waals surface area (Å²) in [5.74, 6) is 0.235. The molecular weight excluding hydrogens is 845 g/mol. The van der Waals surface area contributed by atoms with Crippen LogP contribution < -0.4 is 25.0 Å². The number of carbonyl (C=O) groups excluding carboxylic acids is 3. The van der Waals surface area contributed by atoms with Crippen LogP contribution in [0.1, 0.15) is 113 Å². The number of hydrogen-bond donors (Lipinski definition) is 5. The Bertz CT molecular complexity index is 2650. The van der Waals surface area contributed by atoms with Crippen LogP contribution in [0.2, 0.25) is 0 Å². The van der Waals surface area contributed by atoms with Gasteiger partial charge in [0, 0.05) is 24.8 Å². The molecule has 17 nitrogen and oxygen atoms in total. The van der Waals surface area contributed by atoms with Crippen molar-refractivity contribution in [2.45, 2.75) is 109 Å². The number of carbonyl (C=O) groups is 4. The number of aromatic amines is 2. The van der Waals surface area contributed by atoms with Crippen LogP contribution in [0.4, 0.5) is 24.1 Å². The first-order chi connectivity index (χ1) is 31.1. The Morgan fingerprint density at radius 1 is 0.723 bits per heavy atom. The first-order valence-corrected chi connectivity index (χ1v) is 22.2. The lowest BCUT2D eigenvalue weighted by Gasteiger charge is -2.33. The summed E-state index contributed by atoms with van der Waals surface area (Å²) in [7, 11) is 1.27. The number of amides is 4. The number of alkyl carbamates (subject to hydrolysis) is 1. The number of rotatable bonds is 11. The van der Waals surface area contributed by atoms with Gasteiger partial charge in [-0.3, -0.25) is 9.59 Å². The second-order valence-corrected chi connectivity index (χ2v) is 18.0. The van der Waals surface area contributed by atoms with Crippen molar-refractivity contribution < 1.29 is 47.3 Å². The van der Waals surface area contributed by atoms with Crippen LogP contribution in [-0.2, 0) is 14.3 Å². The molecule has 2 aromatic heterocycles. The Balaban J connectivity index is 1.02. The highest BCUT2D eigenvalue weighted by molar-refractivity contribution is 5.87. The van der Waals surface area contributed by atoms with E-state index >= 15 is 0 Å². The lowest BCUT2D eigenvalue weighted by atomic mass is 10.0. The van der Waals surface area contributed by atoms with E-state index in [1.165, 1.54) is 13.2 Å². The van der Waals surface area contributed by atoms with Gasteiger partial charge in [0.05, 0.1) is 53.3 Å². The molecule has 3 aromatic carbocycles. The van der Waals surface area contributed by atoms with Crippen LogP contribution in [0.5, 0.6) is 11.5 Å². The van der Waals surface area contributed by atoms with Gasteiger partial charge in [0.15, 0.2) is 11.5 Å². The van der Waals surface area contributed by atoms with Crippen molar-refractivity contribution in [3.05, 3.63) is 77.4 Å². The van der Waals surface area contributed by atoms with E-state index in [4.69, 9.17) is 24.2 Å². The molecule has 3 saturated heterocycles. The van der Waals surface area contributed by atoms with Crippen molar-refractivity contribution >= 4 is 51.8 Å². The number of alkyl halides is 2. The number of benzene rings is 3. The maximum absolute atomic E-state index is 14.3. The van der Waals surface area contributed by atoms with Crippen molar-refractivity contribution in [1.82, 2.24) is 40.4 Å². The van der Waals surface area contributed by atoms with Crippen molar-refractivity contribution in [3.63, 3.8) is 0 Å². The lowest BCUT2D eigenvalue weighted by molar-refractivity contribution is -0.286. The molecule has 0 unspecified atom stereocenters. The number of nitrogens with one attached hydrogen (secondary N) is 4. The van der Waals surface area contributed by atoms with Gasteiger partial charge in [-0.1, -0.05) is 39.8 Å². The van der Waals surface area contributed by atoms with Gasteiger partial charge in [0.25, 0.3) is 0 Å². The summed E-state index contributed by atoms with van der Waals surface area (Å²) < 4.78 is 43.0. The molecule has 5 aromatic rings. The molecule has 0 saturated carbocycles. The van der Waals surface area contributed by atoms with Crippen LogP contribution in [0.3, 0.4) is 0 Å². The van der Waals surface area contributed by atoms with Gasteiger partial charge in [-0.15, -0.1) is 8.78 Å². The van der Waals surface area contributed by atoms with Gasteiger partial charge in [0.2, 0.25) is 11.8 Å². The molecule has 4 aliphatic rings. The summed E-state index contributed by atoms with van der Waals surface area (Å²) in [4.78, 5) is 73.8. The third-order valence-corrected chi connectivity index (χ3v) is 13.2. The highest BCUT2D eigenvalue weighted by Gasteiger charge is 2.45. The Morgan fingerprint density at radius 3 is 1.91 bits per heavy atom. The molecule has 65 heavy (non-hydrogen) atoms. The molecule has 0 bridgehead atoms. The monoisotopic (exact) mass is 897 g/mol. The fraction of sp³-hybridized carbons (Fsp3) is 0.478. The molecule has 4 aliphatic heterocycles. The van der Waals surface area contributed by atoms with E-state index in [2.05, 4.69) is 25.5 Å². The second-order valence-electron chi connectivity index (χ2n) is 18.0. The summed E-state index contributed by atoms with van der Waals surface area (Å²) >= 11 is 0. The minimum Gasteiger partial charge on any atom is -0.465 e. The lowest BCUT2D eigenvalue weighted by Crippen LogP contribution is -2.51. The summed E-state index contributed by atoms with van der Waals surface area (Å²) in [5, 5.41) is 14.5. The number of carboxylic acid groups (broad SMARTS) is 1. The largest absolute Gasteiger partial charge is 0.586 e. The SMILES string of the molecule is COC(=O)N[C@H](C(=O)N1CCC[C@H]1c1nc2cc([C@H]3CC[C@H](c4ccc5nc([C@@H]6CCCN6C(=O)[C@@H](NC(=O)O)C(C)C)[nH]c5c4)N3c3ccc4c(c3)OC(F)(F)O4)ccc2[nH]1)C(C)C. The average molecular weight is 898 g/mol. The molecule has 344 valence electrons. The first-order valence-electron chi connectivity index (χ1n) is 22.2. The molecule has 0 spiro atoms. The highest BCUT2D eigenvalue weighted by Crippen LogP contribution is 2.51. The fourth-order valence-corrected chi connectivity index (χ4v) is 10.1. The third kappa shape index (κ3) is 8.31. The first kappa shape index (κ1) is 43.6. The van der Waals surface area contributed by atoms with Crippen molar-refractivity contribution in [2.24, 2.45) is 11.8 Å². The van der Waals surface area contributed by atoms with Crippen LogP contribution in [0.25, 0.3) is 22.1 Å². The highest BCUT2D eigenvalue weighted by atomic mass is 19.3. The zero-order valence-electron chi connectivity index (χ0n) is 36.8. The van der Waals surface area contributed by atoms with E-state index < -0.39 is 30.6 Å². The number of nitrogens with zero attached hydrogens (tertiary/aromatic N) is 5. The number of H-pyrrole nitrogens is 2. The number of imidazole rings is 2. The molecule has 9 rings (SSSR count). The van der Waals surface area contributed by atoms with Gasteiger partial charge < -0.3 is 54.6 Å². The van der Waals surface area contributed by atoms with Crippen LogP contribution in [0.15, 0.2) is 54.6 Å². The summed E-state index contributed by atoms with van der Waals surface area (Å²) in [6.07, 6.45) is -1.40. The zero-order valence-corrected chi connectivity index (χ0v) is 36.8. The number of halogens is 2. The molecule has 19 heteroatoms. The summed E-state index contributed by atoms with van der Waals surface area (Å²) in [6.45, 7) is 8.36. The second kappa shape index (κ2) is 17.0. The number of hydrogen-bond acceptors (Lipinski definition) is 10. The maximum atomic E-state index is 14.3. The van der Waals surface area contributed by atoms with E-state index in [0.717, 1.165) is 35.0 Å². The van der Waals surface area contributed by atoms with Crippen LogP contribution >= 0.6 is 0 Å².